The van der Waals surface area contributed by atoms with Crippen molar-refractivity contribution in [2.45, 2.75) is 20.3 Å². The molecule has 2 bridgehead atoms. The summed E-state index contributed by atoms with van der Waals surface area (Å²) in [5, 5.41) is 12.0. The Kier molecular flexibility index (Phi) is 5.36. The maximum Gasteiger partial charge on any atom is 0.297 e. The lowest BCUT2D eigenvalue weighted by atomic mass is 9.62. The van der Waals surface area contributed by atoms with E-state index in [2.05, 4.69) is 0 Å². The summed E-state index contributed by atoms with van der Waals surface area (Å²) in [4.78, 5) is 55.3. The number of fused-ring (bicyclic) bond motifs is 5. The summed E-state index contributed by atoms with van der Waals surface area (Å²) in [7, 11) is 1.38. The van der Waals surface area contributed by atoms with Gasteiger partial charge in [-0.15, -0.1) is 0 Å². The fourth-order valence-electron chi connectivity index (χ4n) is 7.33. The van der Waals surface area contributed by atoms with Crippen molar-refractivity contribution in [3.05, 3.63) is 100 Å². The zero-order valence-corrected chi connectivity index (χ0v) is 21.7. The molecule has 6 rings (SSSR count). The number of nitrogens with zero attached hydrogens (tertiary/aromatic N) is 2. The lowest BCUT2D eigenvalue weighted by molar-refractivity contribution is -0.384. The van der Waals surface area contributed by atoms with Gasteiger partial charge in [-0.3, -0.25) is 24.5 Å². The summed E-state index contributed by atoms with van der Waals surface area (Å²) in [6, 6.07) is 23.1. The van der Waals surface area contributed by atoms with Crippen LogP contribution in [0.15, 0.2) is 78.9 Å². The van der Waals surface area contributed by atoms with E-state index in [1.54, 1.807) is 6.92 Å². The molecule has 0 aromatic heterocycles. The Hall–Kier alpha value is -4.59. The van der Waals surface area contributed by atoms with Crippen molar-refractivity contribution in [2.24, 2.45) is 22.7 Å². The number of amides is 2. The molecular weight excluding hydrogens is 496 g/mol. The number of rotatable bonds is 6. The molecule has 1 aliphatic heterocycles. The normalized spacial score (nSPS) is 27.4. The van der Waals surface area contributed by atoms with Gasteiger partial charge >= 0.3 is 0 Å². The second kappa shape index (κ2) is 8.46. The van der Waals surface area contributed by atoms with Gasteiger partial charge in [-0.1, -0.05) is 67.6 Å². The van der Waals surface area contributed by atoms with Gasteiger partial charge in [-0.25, -0.2) is 4.90 Å². The Labute approximate surface area is 225 Å². The van der Waals surface area contributed by atoms with Gasteiger partial charge in [0.05, 0.1) is 40.8 Å². The molecule has 0 spiro atoms. The topological polar surface area (TPSA) is 107 Å². The van der Waals surface area contributed by atoms with Crippen LogP contribution in [0.5, 0.6) is 5.75 Å². The average Bonchev–Trinajstić information content (AvgIpc) is 3.43. The van der Waals surface area contributed by atoms with Crippen LogP contribution in [0.25, 0.3) is 11.1 Å². The van der Waals surface area contributed by atoms with E-state index in [9.17, 15) is 24.5 Å². The van der Waals surface area contributed by atoms with Crippen LogP contribution in [0.4, 0.5) is 11.4 Å². The first-order chi connectivity index (χ1) is 18.7. The number of nitro groups is 1. The smallest absolute Gasteiger partial charge is 0.297 e. The van der Waals surface area contributed by atoms with E-state index >= 15 is 0 Å². The minimum Gasteiger partial charge on any atom is -0.496 e. The molecule has 0 N–H and O–H groups in total. The van der Waals surface area contributed by atoms with Gasteiger partial charge in [-0.05, 0) is 47.8 Å². The number of allylic oxidation sites excluding steroid dienone is 2. The van der Waals surface area contributed by atoms with E-state index in [0.29, 0.717) is 6.42 Å². The zero-order chi connectivity index (χ0) is 27.7. The zero-order valence-electron chi connectivity index (χ0n) is 21.7. The van der Waals surface area contributed by atoms with E-state index in [1.165, 1.54) is 25.3 Å². The average molecular weight is 523 g/mol. The molecule has 4 atom stereocenters. The summed E-state index contributed by atoms with van der Waals surface area (Å²) in [5.74, 6) is -3.05. The Morgan fingerprint density at radius 1 is 0.872 bits per heavy atom. The highest BCUT2D eigenvalue weighted by molar-refractivity contribution is 6.35. The van der Waals surface area contributed by atoms with E-state index in [1.807, 2.05) is 67.6 Å². The van der Waals surface area contributed by atoms with E-state index in [4.69, 9.17) is 4.74 Å². The summed E-state index contributed by atoms with van der Waals surface area (Å²) in [5.41, 5.74) is 0.0645. The van der Waals surface area contributed by atoms with Crippen LogP contribution in [0, 0.1) is 32.8 Å². The second-order valence-corrected chi connectivity index (χ2v) is 10.4. The molecule has 3 aliphatic rings. The third-order valence-corrected chi connectivity index (χ3v) is 8.85. The largest absolute Gasteiger partial charge is 0.496 e. The van der Waals surface area contributed by atoms with Crippen molar-refractivity contribution in [2.75, 3.05) is 12.0 Å². The van der Waals surface area contributed by atoms with Crippen molar-refractivity contribution in [1.82, 2.24) is 0 Å². The van der Waals surface area contributed by atoms with E-state index < -0.39 is 45.1 Å². The Morgan fingerprint density at radius 3 is 1.97 bits per heavy atom. The molecule has 1 saturated heterocycles. The maximum absolute atomic E-state index is 14.5. The number of carbonyl (C=O) groups is 3. The highest BCUT2D eigenvalue weighted by Crippen LogP contribution is 2.74. The highest BCUT2D eigenvalue weighted by Gasteiger charge is 2.80. The van der Waals surface area contributed by atoms with Crippen LogP contribution in [0.2, 0.25) is 0 Å². The Balaban J connectivity index is 1.62. The number of imide groups is 1. The summed E-state index contributed by atoms with van der Waals surface area (Å²) in [6.07, 6.45) is 0.306. The Bertz CT molecular complexity index is 1600. The number of ether oxygens (including phenoxy) is 1. The number of carbonyl (C=O) groups excluding carboxylic acids is 3. The fraction of sp³-hybridized carbons (Fsp3) is 0.258. The third kappa shape index (κ3) is 2.97. The van der Waals surface area contributed by atoms with Crippen LogP contribution in [-0.2, 0) is 14.4 Å². The van der Waals surface area contributed by atoms with Gasteiger partial charge < -0.3 is 4.74 Å². The number of nitro benzene ring substituents is 1. The SMILES string of the molecule is CCC12C(=O)C(C)(C(c3ccccc3)=C1c1ccccc1)C1C(=O)N(c3ccc(OC)cc3[N+](=O)[O-])C(=O)C12. The first-order valence-corrected chi connectivity index (χ1v) is 12.8. The van der Waals surface area contributed by atoms with Crippen molar-refractivity contribution in [1.29, 1.82) is 0 Å². The molecule has 8 nitrogen and oxygen atoms in total. The first-order valence-electron chi connectivity index (χ1n) is 12.8. The second-order valence-electron chi connectivity index (χ2n) is 10.4. The standard InChI is InChI=1S/C31H26N2O6/c1-4-31-24(19-13-9-6-10-14-19)23(18-11-7-5-8-12-18)30(2,29(31)36)25-26(31)28(35)32(27(25)34)21-16-15-20(39-3)17-22(21)33(37)38/h5-17,25-26H,4H2,1-3H3. The van der Waals surface area contributed by atoms with Gasteiger partial charge in [0, 0.05) is 0 Å². The van der Waals surface area contributed by atoms with Crippen LogP contribution >= 0.6 is 0 Å². The summed E-state index contributed by atoms with van der Waals surface area (Å²) >= 11 is 0. The highest BCUT2D eigenvalue weighted by atomic mass is 16.6. The molecule has 2 amide bonds. The number of Topliss-reactive ketones (excluding diaryl/α,β-unsaturated/α-hetero) is 1. The lowest BCUT2D eigenvalue weighted by Crippen LogP contribution is -2.41. The first kappa shape index (κ1) is 24.7. The number of methoxy groups -OCH3 is 1. The van der Waals surface area contributed by atoms with E-state index in [-0.39, 0.29) is 17.2 Å². The predicted molar refractivity (Wildman–Crippen MR) is 145 cm³/mol. The van der Waals surface area contributed by atoms with Crippen molar-refractivity contribution in [3.8, 4) is 5.75 Å². The fourth-order valence-corrected chi connectivity index (χ4v) is 7.33. The number of benzene rings is 3. The summed E-state index contributed by atoms with van der Waals surface area (Å²) in [6.45, 7) is 3.63. The minimum atomic E-state index is -1.30. The molecular formula is C31H26N2O6. The maximum atomic E-state index is 14.5. The predicted octanol–water partition coefficient (Wildman–Crippen LogP) is 5.32. The molecule has 4 unspecified atom stereocenters. The monoisotopic (exact) mass is 522 g/mol. The van der Waals surface area contributed by atoms with Gasteiger partial charge in [0.25, 0.3) is 5.69 Å². The summed E-state index contributed by atoms with van der Waals surface area (Å²) < 4.78 is 5.14. The number of anilines is 1. The molecule has 39 heavy (non-hydrogen) atoms. The minimum absolute atomic E-state index is 0.116. The van der Waals surface area contributed by atoms with Crippen molar-refractivity contribution < 1.29 is 24.0 Å². The molecule has 1 heterocycles. The lowest BCUT2D eigenvalue weighted by Gasteiger charge is -2.37. The molecule has 2 aliphatic carbocycles. The van der Waals surface area contributed by atoms with Crippen LogP contribution < -0.4 is 9.64 Å². The van der Waals surface area contributed by atoms with Gasteiger partial charge in [-0.2, -0.15) is 0 Å². The van der Waals surface area contributed by atoms with Crippen molar-refractivity contribution in [3.63, 3.8) is 0 Å². The van der Waals surface area contributed by atoms with Crippen molar-refractivity contribution >= 4 is 40.1 Å². The molecule has 196 valence electrons. The molecule has 3 aromatic carbocycles. The number of hydrogen-bond donors (Lipinski definition) is 0. The van der Waals surface area contributed by atoms with Gasteiger partial charge in [0.1, 0.15) is 11.4 Å². The molecule has 1 saturated carbocycles. The number of hydrogen-bond acceptors (Lipinski definition) is 6. The third-order valence-electron chi connectivity index (χ3n) is 8.85. The van der Waals surface area contributed by atoms with E-state index in [0.717, 1.165) is 27.2 Å². The Morgan fingerprint density at radius 2 is 1.44 bits per heavy atom. The van der Waals surface area contributed by atoms with Crippen LogP contribution in [-0.4, -0.2) is 29.6 Å². The van der Waals surface area contributed by atoms with Crippen LogP contribution in [0.3, 0.4) is 0 Å². The quantitative estimate of drug-likeness (QED) is 0.246. The molecule has 3 aromatic rings. The molecule has 0 radical (unpaired) electrons. The molecule has 8 heteroatoms. The number of ketones is 1. The van der Waals surface area contributed by atoms with Gasteiger partial charge in [0.15, 0.2) is 5.78 Å². The van der Waals surface area contributed by atoms with Gasteiger partial charge in [0.2, 0.25) is 11.8 Å². The van der Waals surface area contributed by atoms with Crippen LogP contribution in [0.1, 0.15) is 31.4 Å². The molecule has 2 fully saturated rings.